The summed E-state index contributed by atoms with van der Waals surface area (Å²) in [6.07, 6.45) is 1.63. The molecule has 0 saturated carbocycles. The van der Waals surface area contributed by atoms with E-state index in [4.69, 9.17) is 11.6 Å². The number of aryl methyl sites for hydroxylation is 1. The molecule has 1 aromatic rings. The van der Waals surface area contributed by atoms with Crippen molar-refractivity contribution in [3.63, 3.8) is 0 Å². The van der Waals surface area contributed by atoms with E-state index in [1.165, 1.54) is 0 Å². The van der Waals surface area contributed by atoms with Crippen LogP contribution in [0.5, 0.6) is 0 Å². The molecule has 0 aromatic carbocycles. The third-order valence-corrected chi connectivity index (χ3v) is 3.24. The third-order valence-electron chi connectivity index (χ3n) is 2.95. The number of carbonyl (C=O) groups excluding carboxylic acids is 1. The first-order chi connectivity index (χ1) is 8.66. The van der Waals surface area contributed by atoms with Gasteiger partial charge in [-0.05, 0) is 18.6 Å². The number of hydrogen-bond acceptors (Lipinski definition) is 4. The van der Waals surface area contributed by atoms with Crippen molar-refractivity contribution in [3.05, 3.63) is 23.0 Å². The Morgan fingerprint density at radius 1 is 1.56 bits per heavy atom. The Morgan fingerprint density at radius 3 is 2.94 bits per heavy atom. The number of nitrogens with zero attached hydrogens (tertiary/aromatic N) is 2. The molecule has 98 valence electrons. The highest BCUT2D eigenvalue weighted by Crippen LogP contribution is 2.22. The van der Waals surface area contributed by atoms with Gasteiger partial charge in [0, 0.05) is 32.4 Å². The van der Waals surface area contributed by atoms with Crippen molar-refractivity contribution in [1.82, 2.24) is 15.2 Å². The van der Waals surface area contributed by atoms with Gasteiger partial charge in [0.25, 0.3) is 0 Å². The second kappa shape index (κ2) is 6.13. The highest BCUT2D eigenvalue weighted by molar-refractivity contribution is 6.32. The molecule has 1 aliphatic heterocycles. The molecule has 1 fully saturated rings. The molecular formula is C12H17ClN4O. The molecule has 0 bridgehead atoms. The summed E-state index contributed by atoms with van der Waals surface area (Å²) in [5.74, 6) is -0.0464. The second-order valence-electron chi connectivity index (χ2n) is 4.37. The van der Waals surface area contributed by atoms with Gasteiger partial charge in [-0.1, -0.05) is 11.6 Å². The predicted octanol–water partition coefficient (Wildman–Crippen LogP) is 0.887. The van der Waals surface area contributed by atoms with Crippen molar-refractivity contribution in [1.29, 1.82) is 0 Å². The molecule has 0 atom stereocenters. The summed E-state index contributed by atoms with van der Waals surface area (Å²) in [4.78, 5) is 18.0. The summed E-state index contributed by atoms with van der Waals surface area (Å²) >= 11 is 5.97. The summed E-state index contributed by atoms with van der Waals surface area (Å²) in [7, 11) is 0. The van der Waals surface area contributed by atoms with Gasteiger partial charge in [-0.15, -0.1) is 0 Å². The van der Waals surface area contributed by atoms with Gasteiger partial charge in [-0.25, -0.2) is 4.98 Å². The molecule has 5 nitrogen and oxygen atoms in total. The lowest BCUT2D eigenvalue weighted by molar-refractivity contribution is -0.117. The molecule has 18 heavy (non-hydrogen) atoms. The zero-order valence-electron chi connectivity index (χ0n) is 10.4. The van der Waals surface area contributed by atoms with Gasteiger partial charge in [0.1, 0.15) is 0 Å². The number of anilines is 1. The fourth-order valence-electron chi connectivity index (χ4n) is 1.93. The largest absolute Gasteiger partial charge is 0.322 e. The van der Waals surface area contributed by atoms with Crippen LogP contribution in [0.25, 0.3) is 0 Å². The lowest BCUT2D eigenvalue weighted by Gasteiger charge is -2.26. The summed E-state index contributed by atoms with van der Waals surface area (Å²) < 4.78 is 0. The van der Waals surface area contributed by atoms with Gasteiger partial charge >= 0.3 is 0 Å². The van der Waals surface area contributed by atoms with Crippen LogP contribution in [-0.4, -0.2) is 48.5 Å². The van der Waals surface area contributed by atoms with Crippen LogP contribution >= 0.6 is 11.6 Å². The number of pyridine rings is 1. The molecular weight excluding hydrogens is 252 g/mol. The Balaban J connectivity index is 1.94. The minimum absolute atomic E-state index is 0.0464. The molecule has 1 aliphatic rings. The van der Waals surface area contributed by atoms with Crippen LogP contribution < -0.4 is 10.6 Å². The number of halogens is 1. The van der Waals surface area contributed by atoms with Gasteiger partial charge in [0.15, 0.2) is 5.15 Å². The summed E-state index contributed by atoms with van der Waals surface area (Å²) in [6.45, 7) is 5.95. The number of rotatable bonds is 3. The predicted molar refractivity (Wildman–Crippen MR) is 71.9 cm³/mol. The molecule has 0 spiro atoms. The third kappa shape index (κ3) is 3.41. The second-order valence-corrected chi connectivity index (χ2v) is 4.73. The number of amides is 1. The van der Waals surface area contributed by atoms with Crippen molar-refractivity contribution in [2.24, 2.45) is 0 Å². The van der Waals surface area contributed by atoms with Gasteiger partial charge in [0.2, 0.25) is 5.91 Å². The van der Waals surface area contributed by atoms with Crippen molar-refractivity contribution >= 4 is 23.2 Å². The van der Waals surface area contributed by atoms with Crippen molar-refractivity contribution < 1.29 is 4.79 Å². The van der Waals surface area contributed by atoms with E-state index in [2.05, 4.69) is 20.5 Å². The van der Waals surface area contributed by atoms with Crippen LogP contribution in [0.4, 0.5) is 5.69 Å². The number of carbonyl (C=O) groups is 1. The zero-order chi connectivity index (χ0) is 13.0. The van der Waals surface area contributed by atoms with E-state index >= 15 is 0 Å². The zero-order valence-corrected chi connectivity index (χ0v) is 11.1. The number of nitrogens with one attached hydrogen (secondary N) is 2. The van der Waals surface area contributed by atoms with E-state index in [0.29, 0.717) is 17.4 Å². The quantitative estimate of drug-likeness (QED) is 0.800. The molecule has 2 N–H and O–H groups in total. The van der Waals surface area contributed by atoms with E-state index in [1.54, 1.807) is 6.20 Å². The maximum absolute atomic E-state index is 11.9. The minimum Gasteiger partial charge on any atom is -0.322 e. The van der Waals surface area contributed by atoms with Crippen molar-refractivity contribution in [3.8, 4) is 0 Å². The minimum atomic E-state index is -0.0464. The maximum atomic E-state index is 11.9. The van der Waals surface area contributed by atoms with Crippen LogP contribution in [0.3, 0.4) is 0 Å². The molecule has 2 heterocycles. The molecule has 0 unspecified atom stereocenters. The van der Waals surface area contributed by atoms with Gasteiger partial charge < -0.3 is 10.6 Å². The first-order valence-electron chi connectivity index (χ1n) is 6.01. The first kappa shape index (κ1) is 13.3. The van der Waals surface area contributed by atoms with E-state index in [-0.39, 0.29) is 5.91 Å². The Kier molecular flexibility index (Phi) is 4.52. The maximum Gasteiger partial charge on any atom is 0.238 e. The van der Waals surface area contributed by atoms with E-state index in [1.807, 2.05) is 13.0 Å². The Labute approximate surface area is 112 Å². The number of hydrogen-bond donors (Lipinski definition) is 2. The molecule has 1 aromatic heterocycles. The Bertz CT molecular complexity index is 412. The Morgan fingerprint density at radius 2 is 2.28 bits per heavy atom. The van der Waals surface area contributed by atoms with Crippen LogP contribution in [0.2, 0.25) is 5.15 Å². The van der Waals surface area contributed by atoms with Gasteiger partial charge in [-0.2, -0.15) is 0 Å². The topological polar surface area (TPSA) is 57.3 Å². The average molecular weight is 269 g/mol. The fourth-order valence-corrected chi connectivity index (χ4v) is 2.18. The monoisotopic (exact) mass is 268 g/mol. The van der Waals surface area contributed by atoms with E-state index in [0.717, 1.165) is 31.7 Å². The van der Waals surface area contributed by atoms with Gasteiger partial charge in [0.05, 0.1) is 12.2 Å². The summed E-state index contributed by atoms with van der Waals surface area (Å²) in [5.41, 5.74) is 1.53. The summed E-state index contributed by atoms with van der Waals surface area (Å²) in [6, 6.07) is 1.83. The number of aromatic nitrogens is 1. The lowest BCUT2D eigenvalue weighted by Crippen LogP contribution is -2.46. The molecule has 2 rings (SSSR count). The van der Waals surface area contributed by atoms with E-state index in [9.17, 15) is 4.79 Å². The van der Waals surface area contributed by atoms with Gasteiger partial charge in [-0.3, -0.25) is 9.69 Å². The normalized spacial score (nSPS) is 16.6. The average Bonchev–Trinajstić information content (AvgIpc) is 2.35. The molecule has 0 radical (unpaired) electrons. The molecule has 1 saturated heterocycles. The Hall–Kier alpha value is -1.17. The fraction of sp³-hybridized carbons (Fsp3) is 0.500. The van der Waals surface area contributed by atoms with Crippen molar-refractivity contribution in [2.45, 2.75) is 6.92 Å². The van der Waals surface area contributed by atoms with Crippen LogP contribution in [0.15, 0.2) is 12.3 Å². The van der Waals surface area contributed by atoms with Crippen LogP contribution in [0.1, 0.15) is 5.56 Å². The standard InChI is InChI=1S/C12H17ClN4O/c1-9-2-3-15-12(13)11(9)16-10(18)8-17-6-4-14-5-7-17/h2-3,14H,4-8H2,1H3,(H,16,18). The highest BCUT2D eigenvalue weighted by atomic mass is 35.5. The highest BCUT2D eigenvalue weighted by Gasteiger charge is 2.15. The lowest BCUT2D eigenvalue weighted by atomic mass is 10.2. The molecule has 0 aliphatic carbocycles. The molecule has 1 amide bonds. The first-order valence-corrected chi connectivity index (χ1v) is 6.38. The number of piperazine rings is 1. The smallest absolute Gasteiger partial charge is 0.238 e. The van der Waals surface area contributed by atoms with Crippen molar-refractivity contribution in [2.75, 3.05) is 38.0 Å². The van der Waals surface area contributed by atoms with Crippen LogP contribution in [0, 0.1) is 6.92 Å². The van der Waals surface area contributed by atoms with Crippen LogP contribution in [-0.2, 0) is 4.79 Å². The summed E-state index contributed by atoms with van der Waals surface area (Å²) in [5, 5.41) is 6.42. The van der Waals surface area contributed by atoms with E-state index < -0.39 is 0 Å². The SMILES string of the molecule is Cc1ccnc(Cl)c1NC(=O)CN1CCNCC1. The molecule has 6 heteroatoms.